The average molecular weight is 296 g/mol. The molecule has 0 saturated heterocycles. The van der Waals surface area contributed by atoms with Gasteiger partial charge in [0, 0.05) is 6.54 Å². The number of rotatable bonds is 4. The van der Waals surface area contributed by atoms with Gasteiger partial charge in [-0.25, -0.2) is 0 Å². The van der Waals surface area contributed by atoms with Gasteiger partial charge < -0.3 is 9.64 Å². The molecule has 0 fully saturated rings. The minimum absolute atomic E-state index is 0. The number of hydrogen-bond acceptors (Lipinski definition) is 2. The van der Waals surface area contributed by atoms with Gasteiger partial charge in [-0.1, -0.05) is 25.1 Å². The SMILES string of the molecule is COc1cccc(C2=C[C@@H](C)CC[C@H]2CN(C)C)c1.Cl. The molecule has 0 aromatic heterocycles. The van der Waals surface area contributed by atoms with Crippen LogP contribution in [0.15, 0.2) is 30.3 Å². The molecule has 0 radical (unpaired) electrons. The Bertz CT molecular complexity index is 456. The molecule has 1 aromatic rings. The first kappa shape index (κ1) is 17.1. The Balaban J connectivity index is 0.00000200. The van der Waals surface area contributed by atoms with E-state index in [4.69, 9.17) is 4.74 Å². The second-order valence-electron chi connectivity index (χ2n) is 5.87. The summed E-state index contributed by atoms with van der Waals surface area (Å²) in [6.45, 7) is 3.43. The van der Waals surface area contributed by atoms with E-state index >= 15 is 0 Å². The maximum Gasteiger partial charge on any atom is 0.119 e. The van der Waals surface area contributed by atoms with Crippen molar-refractivity contribution in [3.05, 3.63) is 35.9 Å². The van der Waals surface area contributed by atoms with Crippen LogP contribution in [0.2, 0.25) is 0 Å². The molecule has 2 atom stereocenters. The number of hydrogen-bond donors (Lipinski definition) is 0. The summed E-state index contributed by atoms with van der Waals surface area (Å²) in [4.78, 5) is 2.29. The van der Waals surface area contributed by atoms with Crippen molar-refractivity contribution in [1.82, 2.24) is 4.90 Å². The van der Waals surface area contributed by atoms with E-state index in [1.165, 1.54) is 24.0 Å². The van der Waals surface area contributed by atoms with Crippen LogP contribution in [0.3, 0.4) is 0 Å². The van der Waals surface area contributed by atoms with E-state index < -0.39 is 0 Å². The summed E-state index contributed by atoms with van der Waals surface area (Å²) < 4.78 is 5.35. The number of benzene rings is 1. The smallest absolute Gasteiger partial charge is 0.119 e. The monoisotopic (exact) mass is 295 g/mol. The Morgan fingerprint density at radius 1 is 1.25 bits per heavy atom. The van der Waals surface area contributed by atoms with E-state index in [1.54, 1.807) is 7.11 Å². The molecule has 0 N–H and O–H groups in total. The zero-order valence-corrected chi connectivity index (χ0v) is 13.7. The highest BCUT2D eigenvalue weighted by Crippen LogP contribution is 2.36. The maximum atomic E-state index is 5.35. The lowest BCUT2D eigenvalue weighted by atomic mass is 9.79. The minimum Gasteiger partial charge on any atom is -0.497 e. The molecule has 2 nitrogen and oxygen atoms in total. The first-order valence-electron chi connectivity index (χ1n) is 7.11. The fourth-order valence-corrected chi connectivity index (χ4v) is 2.91. The lowest BCUT2D eigenvalue weighted by Gasteiger charge is -2.30. The molecule has 1 aliphatic rings. The second-order valence-corrected chi connectivity index (χ2v) is 5.87. The van der Waals surface area contributed by atoms with Gasteiger partial charge in [-0.05, 0) is 62.0 Å². The van der Waals surface area contributed by atoms with E-state index in [-0.39, 0.29) is 12.4 Å². The molecule has 0 aliphatic heterocycles. The number of methoxy groups -OCH3 is 1. The van der Waals surface area contributed by atoms with E-state index in [9.17, 15) is 0 Å². The van der Waals surface area contributed by atoms with E-state index in [1.807, 2.05) is 6.07 Å². The number of halogens is 1. The molecule has 20 heavy (non-hydrogen) atoms. The molecule has 112 valence electrons. The summed E-state index contributed by atoms with van der Waals surface area (Å²) in [5.74, 6) is 2.26. The third-order valence-electron chi connectivity index (χ3n) is 3.86. The zero-order chi connectivity index (χ0) is 13.8. The predicted molar refractivity (Wildman–Crippen MR) is 88.7 cm³/mol. The Morgan fingerprint density at radius 3 is 2.65 bits per heavy atom. The number of allylic oxidation sites excluding steroid dienone is 1. The van der Waals surface area contributed by atoms with Crippen molar-refractivity contribution in [2.45, 2.75) is 19.8 Å². The summed E-state index contributed by atoms with van der Waals surface area (Å²) in [5.41, 5.74) is 2.81. The summed E-state index contributed by atoms with van der Waals surface area (Å²) in [6, 6.07) is 8.46. The van der Waals surface area contributed by atoms with Gasteiger partial charge >= 0.3 is 0 Å². The van der Waals surface area contributed by atoms with Crippen molar-refractivity contribution in [2.75, 3.05) is 27.7 Å². The molecule has 0 amide bonds. The lowest BCUT2D eigenvalue weighted by molar-refractivity contribution is 0.336. The van der Waals surface area contributed by atoms with Gasteiger partial charge in [0.15, 0.2) is 0 Å². The van der Waals surface area contributed by atoms with Crippen molar-refractivity contribution < 1.29 is 4.74 Å². The molecular weight excluding hydrogens is 270 g/mol. The van der Waals surface area contributed by atoms with Crippen LogP contribution in [0, 0.1) is 11.8 Å². The highest BCUT2D eigenvalue weighted by Gasteiger charge is 2.22. The van der Waals surface area contributed by atoms with E-state index in [0.29, 0.717) is 11.8 Å². The molecular formula is C17H26ClNO. The van der Waals surface area contributed by atoms with Crippen LogP contribution in [-0.2, 0) is 0 Å². The van der Waals surface area contributed by atoms with Crippen LogP contribution in [0.1, 0.15) is 25.3 Å². The van der Waals surface area contributed by atoms with Gasteiger partial charge in [0.1, 0.15) is 5.75 Å². The Hall–Kier alpha value is -0.990. The van der Waals surface area contributed by atoms with Crippen LogP contribution >= 0.6 is 12.4 Å². The Kier molecular flexibility index (Phi) is 6.57. The summed E-state index contributed by atoms with van der Waals surface area (Å²) >= 11 is 0. The topological polar surface area (TPSA) is 12.5 Å². The van der Waals surface area contributed by atoms with Crippen molar-refractivity contribution in [2.24, 2.45) is 11.8 Å². The van der Waals surface area contributed by atoms with Crippen molar-refractivity contribution in [3.63, 3.8) is 0 Å². The standard InChI is InChI=1S/C17H25NO.ClH/c1-13-8-9-15(12-18(2)3)17(10-13)14-6-5-7-16(11-14)19-4;/h5-7,10-11,13,15H,8-9,12H2,1-4H3;1H/t13-,15-;/m0./s1. The predicted octanol–water partition coefficient (Wildman–Crippen LogP) is 4.11. The summed E-state index contributed by atoms with van der Waals surface area (Å²) in [6.07, 6.45) is 5.03. The Morgan fingerprint density at radius 2 is 2.00 bits per heavy atom. The fourth-order valence-electron chi connectivity index (χ4n) is 2.91. The molecule has 0 spiro atoms. The van der Waals surface area contributed by atoms with Crippen molar-refractivity contribution in [3.8, 4) is 5.75 Å². The van der Waals surface area contributed by atoms with Crippen LogP contribution in [0.5, 0.6) is 5.75 Å². The normalized spacial score (nSPS) is 22.1. The zero-order valence-electron chi connectivity index (χ0n) is 12.9. The van der Waals surface area contributed by atoms with Crippen LogP contribution in [-0.4, -0.2) is 32.6 Å². The number of nitrogens with zero attached hydrogens (tertiary/aromatic N) is 1. The third-order valence-corrected chi connectivity index (χ3v) is 3.86. The summed E-state index contributed by atoms with van der Waals surface area (Å²) in [7, 11) is 6.04. The fraction of sp³-hybridized carbons (Fsp3) is 0.529. The van der Waals surface area contributed by atoms with Gasteiger partial charge in [-0.15, -0.1) is 12.4 Å². The van der Waals surface area contributed by atoms with Crippen LogP contribution in [0.25, 0.3) is 5.57 Å². The quantitative estimate of drug-likeness (QED) is 0.829. The summed E-state index contributed by atoms with van der Waals surface area (Å²) in [5, 5.41) is 0. The lowest BCUT2D eigenvalue weighted by Crippen LogP contribution is -2.25. The first-order chi connectivity index (χ1) is 9.10. The van der Waals surface area contributed by atoms with Gasteiger partial charge in [-0.3, -0.25) is 0 Å². The first-order valence-corrected chi connectivity index (χ1v) is 7.11. The van der Waals surface area contributed by atoms with Gasteiger partial charge in [-0.2, -0.15) is 0 Å². The largest absolute Gasteiger partial charge is 0.497 e. The third kappa shape index (κ3) is 4.26. The molecule has 0 heterocycles. The van der Waals surface area contributed by atoms with Gasteiger partial charge in [0.2, 0.25) is 0 Å². The van der Waals surface area contributed by atoms with Crippen molar-refractivity contribution in [1.29, 1.82) is 0 Å². The average Bonchev–Trinajstić information content (AvgIpc) is 2.40. The van der Waals surface area contributed by atoms with Crippen molar-refractivity contribution >= 4 is 18.0 Å². The van der Waals surface area contributed by atoms with E-state index in [0.717, 1.165) is 12.3 Å². The highest BCUT2D eigenvalue weighted by molar-refractivity contribution is 5.85. The van der Waals surface area contributed by atoms with E-state index in [2.05, 4.69) is 50.2 Å². The molecule has 0 unspecified atom stereocenters. The minimum atomic E-state index is 0. The Labute approximate surface area is 129 Å². The molecule has 1 aromatic carbocycles. The van der Waals surface area contributed by atoms with Crippen LogP contribution in [0.4, 0.5) is 0 Å². The number of ether oxygens (including phenoxy) is 1. The molecule has 2 rings (SSSR count). The molecule has 1 aliphatic carbocycles. The van der Waals surface area contributed by atoms with Gasteiger partial charge in [0.25, 0.3) is 0 Å². The molecule has 0 saturated carbocycles. The highest BCUT2D eigenvalue weighted by atomic mass is 35.5. The van der Waals surface area contributed by atoms with Crippen LogP contribution < -0.4 is 4.74 Å². The molecule has 3 heteroatoms. The molecule has 0 bridgehead atoms. The second kappa shape index (κ2) is 7.70. The maximum absolute atomic E-state index is 5.35. The van der Waals surface area contributed by atoms with Gasteiger partial charge in [0.05, 0.1) is 7.11 Å².